The van der Waals surface area contributed by atoms with Gasteiger partial charge < -0.3 is 18.8 Å². The lowest BCUT2D eigenvalue weighted by Gasteiger charge is -2.41. The van der Waals surface area contributed by atoms with Crippen molar-refractivity contribution in [3.05, 3.63) is 60.6 Å². The number of carbonyl (C=O) groups is 2. The summed E-state index contributed by atoms with van der Waals surface area (Å²) in [6.07, 6.45) is 3.05. The van der Waals surface area contributed by atoms with E-state index >= 15 is 0 Å². The van der Waals surface area contributed by atoms with Crippen molar-refractivity contribution in [3.63, 3.8) is 0 Å². The third-order valence-corrected chi connectivity index (χ3v) is 4.65. The molecule has 1 aromatic carbocycles. The Hall–Kier alpha value is -3.02. The molecule has 0 radical (unpaired) electrons. The number of ether oxygens (including phenoxy) is 2. The van der Waals surface area contributed by atoms with Gasteiger partial charge in [-0.25, -0.2) is 0 Å². The minimum atomic E-state index is -1.53. The minimum absolute atomic E-state index is 0.174. The smallest absolute Gasteiger partial charge is 0.327 e. The van der Waals surface area contributed by atoms with Crippen LogP contribution in [0.3, 0.4) is 0 Å². The van der Waals surface area contributed by atoms with Crippen molar-refractivity contribution in [2.75, 3.05) is 18.6 Å². The summed E-state index contributed by atoms with van der Waals surface area (Å²) >= 11 is 0. The van der Waals surface area contributed by atoms with E-state index in [0.717, 1.165) is 5.57 Å². The molecule has 1 aliphatic heterocycles. The van der Waals surface area contributed by atoms with Crippen LogP contribution in [0.1, 0.15) is 32.8 Å². The van der Waals surface area contributed by atoms with Gasteiger partial charge in [-0.3, -0.25) is 9.59 Å². The molecule has 2 heterocycles. The van der Waals surface area contributed by atoms with E-state index in [4.69, 9.17) is 13.9 Å². The average Bonchev–Trinajstić information content (AvgIpc) is 3.17. The summed E-state index contributed by atoms with van der Waals surface area (Å²) in [5.74, 6) is -0.285. The van der Waals surface area contributed by atoms with E-state index in [0.29, 0.717) is 23.5 Å². The van der Waals surface area contributed by atoms with E-state index in [-0.39, 0.29) is 12.3 Å². The third-order valence-electron chi connectivity index (χ3n) is 4.65. The number of furan rings is 1. The highest BCUT2D eigenvalue weighted by Crippen LogP contribution is 2.41. The van der Waals surface area contributed by atoms with Crippen molar-refractivity contribution < 1.29 is 23.5 Å². The van der Waals surface area contributed by atoms with Gasteiger partial charge in [0.15, 0.2) is 5.41 Å². The van der Waals surface area contributed by atoms with Gasteiger partial charge in [0.25, 0.3) is 0 Å². The van der Waals surface area contributed by atoms with E-state index in [9.17, 15) is 9.59 Å². The molecule has 1 aliphatic rings. The molecule has 6 heteroatoms. The van der Waals surface area contributed by atoms with Crippen molar-refractivity contribution in [3.8, 4) is 5.75 Å². The van der Waals surface area contributed by atoms with Gasteiger partial charge in [-0.15, -0.1) is 0 Å². The molecule has 1 saturated heterocycles. The highest BCUT2D eigenvalue weighted by molar-refractivity contribution is 6.16. The summed E-state index contributed by atoms with van der Waals surface area (Å²) in [4.78, 5) is 28.5. The molecular weight excluding hydrogens is 358 g/mol. The molecule has 6 nitrogen and oxygen atoms in total. The summed E-state index contributed by atoms with van der Waals surface area (Å²) in [5.41, 5.74) is -0.399. The first-order valence-corrected chi connectivity index (χ1v) is 9.06. The Bertz CT molecular complexity index is 877. The fourth-order valence-corrected chi connectivity index (χ4v) is 3.38. The zero-order chi connectivity index (χ0) is 20.5. The molecule has 2 aromatic rings. The fourth-order valence-electron chi connectivity index (χ4n) is 3.38. The lowest BCUT2D eigenvalue weighted by Crippen LogP contribution is -2.58. The van der Waals surface area contributed by atoms with E-state index in [1.54, 1.807) is 63.1 Å². The van der Waals surface area contributed by atoms with Crippen LogP contribution in [0.25, 0.3) is 0 Å². The van der Waals surface area contributed by atoms with Crippen LogP contribution in [0.15, 0.2) is 59.4 Å². The van der Waals surface area contributed by atoms with Gasteiger partial charge in [-0.2, -0.15) is 0 Å². The topological polar surface area (TPSA) is 69.0 Å². The van der Waals surface area contributed by atoms with Gasteiger partial charge in [0.2, 0.25) is 5.91 Å². The molecule has 1 fully saturated rings. The SMILES string of the molecule is C=C1CN(c2ccc(OC)cc2)C(=O)[C@@](C(=O)OC(C)(C)C)(c2ccoc2)C1. The van der Waals surface area contributed by atoms with Crippen molar-refractivity contribution in [1.29, 1.82) is 0 Å². The Morgan fingerprint density at radius 2 is 1.89 bits per heavy atom. The van der Waals surface area contributed by atoms with Crippen LogP contribution < -0.4 is 9.64 Å². The second kappa shape index (κ2) is 7.19. The number of carbonyl (C=O) groups excluding carboxylic acids is 2. The predicted octanol–water partition coefficient (Wildman–Crippen LogP) is 3.86. The van der Waals surface area contributed by atoms with E-state index in [2.05, 4.69) is 6.58 Å². The maximum atomic E-state index is 13.7. The Balaban J connectivity index is 2.08. The summed E-state index contributed by atoms with van der Waals surface area (Å²) in [7, 11) is 1.58. The lowest BCUT2D eigenvalue weighted by atomic mass is 9.72. The monoisotopic (exact) mass is 383 g/mol. The maximum absolute atomic E-state index is 13.7. The molecule has 0 bridgehead atoms. The van der Waals surface area contributed by atoms with Crippen LogP contribution in [0, 0.1) is 0 Å². The molecule has 28 heavy (non-hydrogen) atoms. The van der Waals surface area contributed by atoms with Crippen LogP contribution in [0.5, 0.6) is 5.75 Å². The number of benzene rings is 1. The van der Waals surface area contributed by atoms with E-state index < -0.39 is 17.0 Å². The first-order chi connectivity index (χ1) is 13.2. The van der Waals surface area contributed by atoms with E-state index in [1.807, 2.05) is 0 Å². The van der Waals surface area contributed by atoms with Gasteiger partial charge in [0.05, 0.1) is 19.6 Å². The summed E-state index contributed by atoms with van der Waals surface area (Å²) in [5, 5.41) is 0. The number of methoxy groups -OCH3 is 1. The molecule has 0 N–H and O–H groups in total. The van der Waals surface area contributed by atoms with Crippen LogP contribution >= 0.6 is 0 Å². The summed E-state index contributed by atoms with van der Waals surface area (Å²) in [6.45, 7) is 9.74. The number of nitrogens with zero attached hydrogens (tertiary/aromatic N) is 1. The maximum Gasteiger partial charge on any atom is 0.327 e. The molecule has 1 atom stereocenters. The number of rotatable bonds is 4. The van der Waals surface area contributed by atoms with Crippen molar-refractivity contribution in [2.45, 2.75) is 38.2 Å². The third kappa shape index (κ3) is 3.54. The predicted molar refractivity (Wildman–Crippen MR) is 105 cm³/mol. The molecule has 0 unspecified atom stereocenters. The van der Waals surface area contributed by atoms with Crippen LogP contribution in [0.4, 0.5) is 5.69 Å². The molecule has 0 aliphatic carbocycles. The van der Waals surface area contributed by atoms with Gasteiger partial charge in [0, 0.05) is 17.8 Å². The Kier molecular flexibility index (Phi) is 5.06. The first kappa shape index (κ1) is 19.7. The first-order valence-electron chi connectivity index (χ1n) is 9.06. The minimum Gasteiger partial charge on any atom is -0.497 e. The highest BCUT2D eigenvalue weighted by atomic mass is 16.6. The zero-order valence-corrected chi connectivity index (χ0v) is 16.7. The van der Waals surface area contributed by atoms with Crippen LogP contribution in [0.2, 0.25) is 0 Å². The second-order valence-electron chi connectivity index (χ2n) is 7.94. The van der Waals surface area contributed by atoms with Crippen LogP contribution in [-0.4, -0.2) is 31.1 Å². The largest absolute Gasteiger partial charge is 0.497 e. The molecule has 1 aromatic heterocycles. The normalized spacial score (nSPS) is 20.2. The zero-order valence-electron chi connectivity index (χ0n) is 16.7. The fraction of sp³-hybridized carbons (Fsp3) is 0.364. The lowest BCUT2D eigenvalue weighted by molar-refractivity contribution is -0.165. The standard InChI is InChI=1S/C22H25NO5/c1-15-12-22(16-10-11-27-14-16,20(25)28-21(2,3)4)19(24)23(13-15)17-6-8-18(26-5)9-7-17/h6-11,14H,1,12-13H2,2-5H3/t22-/m0/s1. The number of esters is 1. The number of piperidine rings is 1. The molecule has 0 spiro atoms. The molecule has 3 rings (SSSR count). The molecular formula is C22H25NO5. The quantitative estimate of drug-likeness (QED) is 0.456. The average molecular weight is 383 g/mol. The number of amides is 1. The van der Waals surface area contributed by atoms with Crippen molar-refractivity contribution >= 4 is 17.6 Å². The van der Waals surface area contributed by atoms with E-state index in [1.165, 1.54) is 12.5 Å². The van der Waals surface area contributed by atoms with Crippen LogP contribution in [-0.2, 0) is 19.7 Å². The number of anilines is 1. The van der Waals surface area contributed by atoms with Gasteiger partial charge >= 0.3 is 5.97 Å². The highest BCUT2D eigenvalue weighted by Gasteiger charge is 2.55. The van der Waals surface area contributed by atoms with Gasteiger partial charge in [-0.05, 0) is 57.5 Å². The van der Waals surface area contributed by atoms with Crippen molar-refractivity contribution in [1.82, 2.24) is 0 Å². The van der Waals surface area contributed by atoms with Gasteiger partial charge in [-0.1, -0.05) is 12.2 Å². The number of hydrogen-bond donors (Lipinski definition) is 0. The van der Waals surface area contributed by atoms with Crippen molar-refractivity contribution in [2.24, 2.45) is 0 Å². The number of hydrogen-bond acceptors (Lipinski definition) is 5. The van der Waals surface area contributed by atoms with Gasteiger partial charge in [0.1, 0.15) is 11.4 Å². The Morgan fingerprint density at radius 3 is 2.43 bits per heavy atom. The second-order valence-corrected chi connectivity index (χ2v) is 7.94. The molecule has 1 amide bonds. The Morgan fingerprint density at radius 1 is 1.21 bits per heavy atom. The molecule has 0 saturated carbocycles. The Labute approximate surface area is 164 Å². The molecule has 148 valence electrons. The summed E-state index contributed by atoms with van der Waals surface area (Å²) in [6, 6.07) is 8.74. The summed E-state index contributed by atoms with van der Waals surface area (Å²) < 4.78 is 16.0.